The quantitative estimate of drug-likeness (QED) is 0.852. The van der Waals surface area contributed by atoms with Crippen molar-refractivity contribution in [3.05, 3.63) is 36.2 Å². The van der Waals surface area contributed by atoms with E-state index in [1.54, 1.807) is 17.1 Å². The first-order chi connectivity index (χ1) is 9.74. The van der Waals surface area contributed by atoms with Crippen LogP contribution >= 0.6 is 0 Å². The maximum absolute atomic E-state index is 12.4. The summed E-state index contributed by atoms with van der Waals surface area (Å²) in [6.45, 7) is 1.33. The molecule has 0 fully saturated rings. The molecule has 0 saturated carbocycles. The van der Waals surface area contributed by atoms with Crippen molar-refractivity contribution in [3.8, 4) is 0 Å². The summed E-state index contributed by atoms with van der Waals surface area (Å²) in [7, 11) is 0. The molecule has 0 atom stereocenters. The predicted molar refractivity (Wildman–Crippen MR) is 76.2 cm³/mol. The maximum atomic E-state index is 12.4. The molecule has 1 amide bonds. The number of carbonyl (C=O) groups excluding carboxylic acids is 1. The van der Waals surface area contributed by atoms with E-state index in [1.807, 2.05) is 23.1 Å². The van der Waals surface area contributed by atoms with Crippen LogP contribution in [0, 0.1) is 0 Å². The number of aromatic nitrogens is 3. The second-order valence-electron chi connectivity index (χ2n) is 4.95. The number of anilines is 2. The highest BCUT2D eigenvalue weighted by atomic mass is 16.2. The van der Waals surface area contributed by atoms with Crippen LogP contribution in [-0.4, -0.2) is 27.4 Å². The summed E-state index contributed by atoms with van der Waals surface area (Å²) in [5.41, 5.74) is 8.71. The van der Waals surface area contributed by atoms with Crippen LogP contribution in [-0.2, 0) is 17.8 Å². The monoisotopic (exact) mass is 271 g/mol. The van der Waals surface area contributed by atoms with E-state index >= 15 is 0 Å². The SMILES string of the molecule is Nc1ccc2c(c1)CCCN2C(=O)CCn1ccnn1. The van der Waals surface area contributed by atoms with Gasteiger partial charge in [0.25, 0.3) is 0 Å². The van der Waals surface area contributed by atoms with Gasteiger partial charge in [0.05, 0.1) is 12.7 Å². The number of nitrogens with zero attached hydrogens (tertiary/aromatic N) is 4. The third kappa shape index (κ3) is 2.49. The number of rotatable bonds is 3. The summed E-state index contributed by atoms with van der Waals surface area (Å²) >= 11 is 0. The summed E-state index contributed by atoms with van der Waals surface area (Å²) in [4.78, 5) is 14.2. The summed E-state index contributed by atoms with van der Waals surface area (Å²) in [6, 6.07) is 5.76. The number of carbonyl (C=O) groups is 1. The minimum absolute atomic E-state index is 0.117. The van der Waals surface area contributed by atoms with Crippen LogP contribution in [0.4, 0.5) is 11.4 Å². The lowest BCUT2D eigenvalue weighted by molar-refractivity contribution is -0.119. The summed E-state index contributed by atoms with van der Waals surface area (Å²) in [6.07, 6.45) is 5.76. The third-order valence-corrected chi connectivity index (χ3v) is 3.55. The van der Waals surface area contributed by atoms with Crippen LogP contribution in [0.15, 0.2) is 30.6 Å². The molecule has 6 heteroatoms. The van der Waals surface area contributed by atoms with Crippen molar-refractivity contribution < 1.29 is 4.79 Å². The zero-order valence-corrected chi connectivity index (χ0v) is 11.2. The Morgan fingerprint density at radius 2 is 2.30 bits per heavy atom. The molecule has 0 aliphatic carbocycles. The Balaban J connectivity index is 1.73. The molecule has 0 radical (unpaired) electrons. The van der Waals surface area contributed by atoms with Gasteiger partial charge in [-0.3, -0.25) is 9.48 Å². The van der Waals surface area contributed by atoms with Gasteiger partial charge < -0.3 is 10.6 Å². The van der Waals surface area contributed by atoms with Gasteiger partial charge in [0.1, 0.15) is 0 Å². The fourth-order valence-corrected chi connectivity index (χ4v) is 2.57. The molecule has 0 spiro atoms. The molecule has 2 N–H and O–H groups in total. The molecule has 0 unspecified atom stereocenters. The van der Waals surface area contributed by atoms with E-state index in [9.17, 15) is 4.79 Å². The van der Waals surface area contributed by atoms with Crippen molar-refractivity contribution in [2.75, 3.05) is 17.2 Å². The zero-order chi connectivity index (χ0) is 13.9. The topological polar surface area (TPSA) is 77.0 Å². The van der Waals surface area contributed by atoms with Gasteiger partial charge in [0.15, 0.2) is 0 Å². The number of hydrogen-bond donors (Lipinski definition) is 1. The molecule has 3 rings (SSSR count). The van der Waals surface area contributed by atoms with Gasteiger partial charge in [-0.15, -0.1) is 5.10 Å². The molecular formula is C14H17N5O. The molecule has 0 bridgehead atoms. The molecule has 2 aromatic rings. The minimum Gasteiger partial charge on any atom is -0.399 e. The van der Waals surface area contributed by atoms with E-state index in [2.05, 4.69) is 10.3 Å². The lowest BCUT2D eigenvalue weighted by Crippen LogP contribution is -2.36. The zero-order valence-electron chi connectivity index (χ0n) is 11.2. The van der Waals surface area contributed by atoms with E-state index < -0.39 is 0 Å². The molecule has 20 heavy (non-hydrogen) atoms. The number of benzene rings is 1. The van der Waals surface area contributed by atoms with Gasteiger partial charge in [-0.1, -0.05) is 5.21 Å². The lowest BCUT2D eigenvalue weighted by Gasteiger charge is -2.29. The van der Waals surface area contributed by atoms with Crippen LogP contribution in [0.2, 0.25) is 0 Å². The highest BCUT2D eigenvalue weighted by Crippen LogP contribution is 2.29. The molecule has 2 heterocycles. The second kappa shape index (κ2) is 5.32. The largest absolute Gasteiger partial charge is 0.399 e. The Labute approximate surface area is 117 Å². The Bertz CT molecular complexity index is 608. The smallest absolute Gasteiger partial charge is 0.228 e. The van der Waals surface area contributed by atoms with Crippen molar-refractivity contribution in [3.63, 3.8) is 0 Å². The van der Waals surface area contributed by atoms with E-state index in [1.165, 1.54) is 0 Å². The van der Waals surface area contributed by atoms with Crippen molar-refractivity contribution >= 4 is 17.3 Å². The van der Waals surface area contributed by atoms with Crippen molar-refractivity contribution in [1.82, 2.24) is 15.0 Å². The molecule has 1 aromatic carbocycles. The van der Waals surface area contributed by atoms with Gasteiger partial charge in [-0.25, -0.2) is 0 Å². The third-order valence-electron chi connectivity index (χ3n) is 3.55. The van der Waals surface area contributed by atoms with E-state index in [0.717, 1.165) is 36.3 Å². The maximum Gasteiger partial charge on any atom is 0.228 e. The number of aryl methyl sites for hydroxylation is 2. The standard InChI is InChI=1S/C14H17N5O/c15-12-3-4-13-11(10-12)2-1-7-19(13)14(20)5-8-18-9-6-16-17-18/h3-4,6,9-10H,1-2,5,7-8,15H2. The van der Waals surface area contributed by atoms with Gasteiger partial charge >= 0.3 is 0 Å². The van der Waals surface area contributed by atoms with Gasteiger partial charge in [0.2, 0.25) is 5.91 Å². The molecule has 1 aliphatic heterocycles. The molecule has 1 aliphatic rings. The molecular weight excluding hydrogens is 254 g/mol. The van der Waals surface area contributed by atoms with E-state index in [4.69, 9.17) is 5.73 Å². The predicted octanol–water partition coefficient (Wildman–Crippen LogP) is 1.23. The number of nitrogen functional groups attached to an aromatic ring is 1. The second-order valence-corrected chi connectivity index (χ2v) is 4.95. The van der Waals surface area contributed by atoms with Crippen molar-refractivity contribution in [2.24, 2.45) is 0 Å². The first kappa shape index (κ1) is 12.7. The molecule has 104 valence electrons. The number of hydrogen-bond acceptors (Lipinski definition) is 4. The van der Waals surface area contributed by atoms with Gasteiger partial charge in [0, 0.05) is 30.5 Å². The number of amides is 1. The van der Waals surface area contributed by atoms with Crippen molar-refractivity contribution in [1.29, 1.82) is 0 Å². The first-order valence-corrected chi connectivity index (χ1v) is 6.77. The highest BCUT2D eigenvalue weighted by molar-refractivity contribution is 5.94. The molecule has 6 nitrogen and oxygen atoms in total. The lowest BCUT2D eigenvalue weighted by atomic mass is 10.0. The van der Waals surface area contributed by atoms with E-state index in [0.29, 0.717) is 13.0 Å². The van der Waals surface area contributed by atoms with Crippen LogP contribution in [0.1, 0.15) is 18.4 Å². The summed E-state index contributed by atoms with van der Waals surface area (Å²) in [5.74, 6) is 0.117. The summed E-state index contributed by atoms with van der Waals surface area (Å²) in [5, 5.41) is 7.60. The molecule has 1 aromatic heterocycles. The van der Waals surface area contributed by atoms with Crippen LogP contribution in [0.3, 0.4) is 0 Å². The highest BCUT2D eigenvalue weighted by Gasteiger charge is 2.22. The summed E-state index contributed by atoms with van der Waals surface area (Å²) < 4.78 is 1.67. The average Bonchev–Trinajstić information content (AvgIpc) is 2.97. The Morgan fingerprint density at radius 3 is 3.10 bits per heavy atom. The van der Waals surface area contributed by atoms with Crippen LogP contribution in [0.25, 0.3) is 0 Å². The fraction of sp³-hybridized carbons (Fsp3) is 0.357. The van der Waals surface area contributed by atoms with Gasteiger partial charge in [-0.05, 0) is 36.6 Å². The Kier molecular flexibility index (Phi) is 3.37. The van der Waals surface area contributed by atoms with E-state index in [-0.39, 0.29) is 5.91 Å². The fourth-order valence-electron chi connectivity index (χ4n) is 2.57. The average molecular weight is 271 g/mol. The minimum atomic E-state index is 0.117. The van der Waals surface area contributed by atoms with Crippen LogP contribution < -0.4 is 10.6 Å². The van der Waals surface area contributed by atoms with Crippen molar-refractivity contribution in [2.45, 2.75) is 25.8 Å². The number of nitrogens with two attached hydrogens (primary N) is 1. The number of fused-ring (bicyclic) bond motifs is 1. The van der Waals surface area contributed by atoms with Gasteiger partial charge in [-0.2, -0.15) is 0 Å². The Morgan fingerprint density at radius 1 is 1.40 bits per heavy atom. The molecule has 0 saturated heterocycles. The Hall–Kier alpha value is -2.37. The normalized spacial score (nSPS) is 14.1. The first-order valence-electron chi connectivity index (χ1n) is 6.77. The van der Waals surface area contributed by atoms with Crippen LogP contribution in [0.5, 0.6) is 0 Å².